The van der Waals surface area contributed by atoms with Crippen molar-refractivity contribution in [3.05, 3.63) is 33.0 Å². The zero-order valence-electron chi connectivity index (χ0n) is 14.2. The van der Waals surface area contributed by atoms with Crippen LogP contribution in [0.25, 0.3) is 10.9 Å². The van der Waals surface area contributed by atoms with E-state index in [0.717, 1.165) is 4.47 Å². The molecule has 1 aliphatic rings. The lowest BCUT2D eigenvalue weighted by Gasteiger charge is -2.29. The molecule has 1 aromatic carbocycles. The van der Waals surface area contributed by atoms with Gasteiger partial charge < -0.3 is 9.64 Å². The topological polar surface area (TPSA) is 64.4 Å². The van der Waals surface area contributed by atoms with Gasteiger partial charge in [-0.05, 0) is 32.0 Å². The molecule has 0 aliphatic carbocycles. The maximum absolute atomic E-state index is 12.8. The van der Waals surface area contributed by atoms with Crippen LogP contribution in [0.2, 0.25) is 0 Å². The number of benzene rings is 1. The summed E-state index contributed by atoms with van der Waals surface area (Å²) in [4.78, 5) is 31.8. The van der Waals surface area contributed by atoms with Crippen molar-refractivity contribution in [2.24, 2.45) is 0 Å². The van der Waals surface area contributed by atoms with E-state index in [2.05, 4.69) is 20.9 Å². The first kappa shape index (κ1) is 18.4. The standard InChI is InChI=1S/C17H20BrN3O3S/c1-3-21-16(23)13-10-12(18)4-5-14(13)19-17(21)25-11(2)15(22)20-6-8-24-9-7-20/h4-5,10-11H,3,6-9H2,1-2H3. The lowest BCUT2D eigenvalue weighted by molar-refractivity contribution is -0.134. The Morgan fingerprint density at radius 2 is 2.12 bits per heavy atom. The Kier molecular flexibility index (Phi) is 5.81. The molecule has 8 heteroatoms. The maximum atomic E-state index is 12.8. The number of nitrogens with zero attached hydrogens (tertiary/aromatic N) is 3. The Hall–Kier alpha value is -1.38. The van der Waals surface area contributed by atoms with Crippen LogP contribution in [0, 0.1) is 0 Å². The number of thioether (sulfide) groups is 1. The highest BCUT2D eigenvalue weighted by atomic mass is 79.9. The molecular formula is C17H20BrN3O3S. The van der Waals surface area contributed by atoms with Crippen molar-refractivity contribution in [2.75, 3.05) is 26.3 Å². The fourth-order valence-corrected chi connectivity index (χ4v) is 4.21. The van der Waals surface area contributed by atoms with E-state index < -0.39 is 0 Å². The average molecular weight is 426 g/mol. The van der Waals surface area contributed by atoms with Gasteiger partial charge in [-0.3, -0.25) is 14.2 Å². The van der Waals surface area contributed by atoms with Gasteiger partial charge in [-0.25, -0.2) is 4.98 Å². The summed E-state index contributed by atoms with van der Waals surface area (Å²) < 4.78 is 7.77. The maximum Gasteiger partial charge on any atom is 0.262 e. The molecule has 6 nitrogen and oxygen atoms in total. The van der Waals surface area contributed by atoms with Crippen molar-refractivity contribution >= 4 is 44.5 Å². The molecule has 1 amide bonds. The smallest absolute Gasteiger partial charge is 0.262 e. The Morgan fingerprint density at radius 1 is 1.40 bits per heavy atom. The Morgan fingerprint density at radius 3 is 2.80 bits per heavy atom. The average Bonchev–Trinajstić information content (AvgIpc) is 2.63. The molecule has 1 unspecified atom stereocenters. The summed E-state index contributed by atoms with van der Waals surface area (Å²) in [6.45, 7) is 6.66. The quantitative estimate of drug-likeness (QED) is 0.556. The second-order valence-electron chi connectivity index (χ2n) is 5.80. The van der Waals surface area contributed by atoms with Gasteiger partial charge in [0.2, 0.25) is 5.91 Å². The number of carbonyl (C=O) groups is 1. The fourth-order valence-electron chi connectivity index (χ4n) is 2.79. The van der Waals surface area contributed by atoms with Crippen LogP contribution in [0.3, 0.4) is 0 Å². The third-order valence-corrected chi connectivity index (χ3v) is 5.72. The van der Waals surface area contributed by atoms with E-state index in [1.165, 1.54) is 11.8 Å². The second kappa shape index (κ2) is 7.88. The molecule has 1 aromatic heterocycles. The minimum absolute atomic E-state index is 0.0566. The minimum Gasteiger partial charge on any atom is -0.378 e. The Labute approximate surface area is 158 Å². The zero-order valence-corrected chi connectivity index (χ0v) is 16.6. The molecule has 0 saturated carbocycles. The van der Waals surface area contributed by atoms with Gasteiger partial charge in [0, 0.05) is 24.1 Å². The van der Waals surface area contributed by atoms with Crippen LogP contribution in [0.1, 0.15) is 13.8 Å². The Balaban J connectivity index is 1.91. The summed E-state index contributed by atoms with van der Waals surface area (Å²) in [5, 5.41) is 0.847. The van der Waals surface area contributed by atoms with Crippen LogP contribution < -0.4 is 5.56 Å². The lowest BCUT2D eigenvalue weighted by atomic mass is 10.2. The third kappa shape index (κ3) is 3.91. The van der Waals surface area contributed by atoms with Crippen molar-refractivity contribution < 1.29 is 9.53 Å². The molecule has 1 saturated heterocycles. The highest BCUT2D eigenvalue weighted by molar-refractivity contribution is 9.10. The van der Waals surface area contributed by atoms with Gasteiger partial charge in [0.25, 0.3) is 5.56 Å². The summed E-state index contributed by atoms with van der Waals surface area (Å²) in [5.74, 6) is 0.0566. The van der Waals surface area contributed by atoms with Crippen molar-refractivity contribution in [3.8, 4) is 0 Å². The fraction of sp³-hybridized carbons (Fsp3) is 0.471. The van der Waals surface area contributed by atoms with E-state index in [1.54, 1.807) is 10.6 Å². The van der Waals surface area contributed by atoms with Crippen molar-refractivity contribution in [2.45, 2.75) is 30.8 Å². The molecule has 3 rings (SSSR count). The summed E-state index contributed by atoms with van der Waals surface area (Å²) in [6.07, 6.45) is 0. The largest absolute Gasteiger partial charge is 0.378 e. The molecule has 1 aliphatic heterocycles. The van der Waals surface area contributed by atoms with E-state index in [1.807, 2.05) is 30.9 Å². The van der Waals surface area contributed by atoms with Gasteiger partial charge in [0.15, 0.2) is 5.16 Å². The van der Waals surface area contributed by atoms with Crippen molar-refractivity contribution in [1.29, 1.82) is 0 Å². The molecule has 134 valence electrons. The van der Waals surface area contributed by atoms with Crippen molar-refractivity contribution in [1.82, 2.24) is 14.5 Å². The van der Waals surface area contributed by atoms with E-state index in [-0.39, 0.29) is 16.7 Å². The normalized spacial score (nSPS) is 16.2. The van der Waals surface area contributed by atoms with Gasteiger partial charge in [-0.2, -0.15) is 0 Å². The first-order valence-corrected chi connectivity index (χ1v) is 9.91. The zero-order chi connectivity index (χ0) is 18.0. The monoisotopic (exact) mass is 425 g/mol. The molecule has 0 radical (unpaired) electrons. The van der Waals surface area contributed by atoms with Gasteiger partial charge in [0.1, 0.15) is 0 Å². The van der Waals surface area contributed by atoms with Crippen molar-refractivity contribution in [3.63, 3.8) is 0 Å². The predicted octanol–water partition coefficient (Wildman–Crippen LogP) is 2.52. The molecule has 1 fully saturated rings. The third-order valence-electron chi connectivity index (χ3n) is 4.15. The summed E-state index contributed by atoms with van der Waals surface area (Å²) in [7, 11) is 0. The predicted molar refractivity (Wildman–Crippen MR) is 102 cm³/mol. The molecule has 0 N–H and O–H groups in total. The molecular weight excluding hydrogens is 406 g/mol. The molecule has 0 spiro atoms. The number of hydrogen-bond donors (Lipinski definition) is 0. The molecule has 2 heterocycles. The molecule has 1 atom stereocenters. The number of fused-ring (bicyclic) bond motifs is 1. The van der Waals surface area contributed by atoms with Crippen LogP contribution in [-0.2, 0) is 16.1 Å². The van der Waals surface area contributed by atoms with Crippen LogP contribution in [0.15, 0.2) is 32.6 Å². The number of carbonyl (C=O) groups excluding carboxylic acids is 1. The van der Waals surface area contributed by atoms with Gasteiger partial charge >= 0.3 is 0 Å². The summed E-state index contributed by atoms with van der Waals surface area (Å²) in [5.41, 5.74) is 0.564. The number of amides is 1. The van der Waals surface area contributed by atoms with Crippen LogP contribution in [0.4, 0.5) is 0 Å². The van der Waals surface area contributed by atoms with Crippen LogP contribution >= 0.6 is 27.7 Å². The van der Waals surface area contributed by atoms with Gasteiger partial charge in [-0.1, -0.05) is 27.7 Å². The van der Waals surface area contributed by atoms with Gasteiger partial charge in [-0.15, -0.1) is 0 Å². The molecule has 0 bridgehead atoms. The summed E-state index contributed by atoms with van der Waals surface area (Å²) in [6, 6.07) is 5.47. The van der Waals surface area contributed by atoms with Gasteiger partial charge in [0.05, 0.1) is 29.4 Å². The van der Waals surface area contributed by atoms with E-state index in [0.29, 0.717) is 48.9 Å². The first-order chi connectivity index (χ1) is 12.0. The first-order valence-electron chi connectivity index (χ1n) is 8.24. The minimum atomic E-state index is -0.310. The highest BCUT2D eigenvalue weighted by Gasteiger charge is 2.25. The number of rotatable bonds is 4. The molecule has 25 heavy (non-hydrogen) atoms. The Bertz CT molecular complexity index is 849. The lowest BCUT2D eigenvalue weighted by Crippen LogP contribution is -2.44. The SMILES string of the molecule is CCn1c(SC(C)C(=O)N2CCOCC2)nc2ccc(Br)cc2c1=O. The molecule has 2 aromatic rings. The number of halogens is 1. The number of morpholine rings is 1. The van der Waals surface area contributed by atoms with E-state index >= 15 is 0 Å². The highest BCUT2D eigenvalue weighted by Crippen LogP contribution is 2.25. The van der Waals surface area contributed by atoms with E-state index in [4.69, 9.17) is 4.74 Å². The van der Waals surface area contributed by atoms with Crippen LogP contribution in [0.5, 0.6) is 0 Å². The number of ether oxygens (including phenoxy) is 1. The second-order valence-corrected chi connectivity index (χ2v) is 8.03. The van der Waals surface area contributed by atoms with Crippen LogP contribution in [-0.4, -0.2) is 51.9 Å². The van der Waals surface area contributed by atoms with E-state index in [9.17, 15) is 9.59 Å². The summed E-state index contributed by atoms with van der Waals surface area (Å²) >= 11 is 4.73. The number of hydrogen-bond acceptors (Lipinski definition) is 5. The number of aromatic nitrogens is 2.